The molecule has 100 valence electrons. The maximum Gasteiger partial charge on any atom is 0.0490 e. The van der Waals surface area contributed by atoms with Gasteiger partial charge in [-0.15, -0.1) is 0 Å². The third-order valence-electron chi connectivity index (χ3n) is 3.38. The van der Waals surface area contributed by atoms with Crippen LogP contribution in [0.4, 0.5) is 5.69 Å². The van der Waals surface area contributed by atoms with Crippen LogP contribution >= 0.6 is 15.9 Å². The standard InChI is InChI=1S/C17H15BrN2/c1-12-3-2-4-16(17(12)18)20-10-13-5-6-15-11-19-8-7-14(15)9-13/h2-9,11,20H,10H2,1H3. The van der Waals surface area contributed by atoms with Crippen molar-refractivity contribution in [3.63, 3.8) is 0 Å². The Morgan fingerprint density at radius 2 is 2.00 bits per heavy atom. The van der Waals surface area contributed by atoms with E-state index in [0.717, 1.165) is 16.7 Å². The molecule has 20 heavy (non-hydrogen) atoms. The molecule has 3 heteroatoms. The Morgan fingerprint density at radius 3 is 2.90 bits per heavy atom. The average molecular weight is 327 g/mol. The van der Waals surface area contributed by atoms with E-state index < -0.39 is 0 Å². The van der Waals surface area contributed by atoms with E-state index in [4.69, 9.17) is 0 Å². The summed E-state index contributed by atoms with van der Waals surface area (Å²) in [4.78, 5) is 4.14. The van der Waals surface area contributed by atoms with Crippen LogP contribution in [0.25, 0.3) is 10.8 Å². The molecule has 0 saturated heterocycles. The van der Waals surface area contributed by atoms with Gasteiger partial charge in [0.05, 0.1) is 0 Å². The number of benzene rings is 2. The van der Waals surface area contributed by atoms with Crippen molar-refractivity contribution in [2.24, 2.45) is 0 Å². The second-order valence-electron chi connectivity index (χ2n) is 4.85. The molecule has 0 spiro atoms. The lowest BCUT2D eigenvalue weighted by molar-refractivity contribution is 1.15. The summed E-state index contributed by atoms with van der Waals surface area (Å²) in [5, 5.41) is 5.87. The van der Waals surface area contributed by atoms with Crippen molar-refractivity contribution >= 4 is 32.4 Å². The van der Waals surface area contributed by atoms with Gasteiger partial charge in [-0.05, 0) is 57.6 Å². The van der Waals surface area contributed by atoms with Gasteiger partial charge >= 0.3 is 0 Å². The highest BCUT2D eigenvalue weighted by molar-refractivity contribution is 9.10. The number of nitrogens with one attached hydrogen (secondary N) is 1. The molecule has 0 unspecified atom stereocenters. The van der Waals surface area contributed by atoms with Crippen LogP contribution in [0, 0.1) is 6.92 Å². The monoisotopic (exact) mass is 326 g/mol. The van der Waals surface area contributed by atoms with Gasteiger partial charge in [-0.25, -0.2) is 0 Å². The Hall–Kier alpha value is -1.87. The first kappa shape index (κ1) is 13.1. The largest absolute Gasteiger partial charge is 0.380 e. The number of rotatable bonds is 3. The van der Waals surface area contributed by atoms with Crippen molar-refractivity contribution in [2.45, 2.75) is 13.5 Å². The van der Waals surface area contributed by atoms with Crippen LogP contribution in [-0.2, 0) is 6.54 Å². The second kappa shape index (κ2) is 5.63. The van der Waals surface area contributed by atoms with E-state index in [-0.39, 0.29) is 0 Å². The van der Waals surface area contributed by atoms with Crippen molar-refractivity contribution in [1.82, 2.24) is 4.98 Å². The van der Waals surface area contributed by atoms with Crippen molar-refractivity contribution in [3.05, 3.63) is 70.5 Å². The molecular formula is C17H15BrN2. The van der Waals surface area contributed by atoms with Crippen LogP contribution in [0.3, 0.4) is 0 Å². The third-order valence-corrected chi connectivity index (χ3v) is 4.43. The van der Waals surface area contributed by atoms with Gasteiger partial charge in [-0.3, -0.25) is 4.98 Å². The second-order valence-corrected chi connectivity index (χ2v) is 5.64. The Kier molecular flexibility index (Phi) is 3.70. The van der Waals surface area contributed by atoms with Crippen LogP contribution < -0.4 is 5.32 Å². The molecule has 3 aromatic rings. The predicted molar refractivity (Wildman–Crippen MR) is 87.9 cm³/mol. The summed E-state index contributed by atoms with van der Waals surface area (Å²) in [5.41, 5.74) is 3.62. The minimum absolute atomic E-state index is 0.806. The summed E-state index contributed by atoms with van der Waals surface area (Å²) >= 11 is 3.62. The van der Waals surface area contributed by atoms with Crippen molar-refractivity contribution < 1.29 is 0 Å². The molecule has 1 aromatic heterocycles. The van der Waals surface area contributed by atoms with Gasteiger partial charge in [0.1, 0.15) is 0 Å². The van der Waals surface area contributed by atoms with Crippen molar-refractivity contribution in [1.29, 1.82) is 0 Å². The number of pyridine rings is 1. The van der Waals surface area contributed by atoms with Crippen LogP contribution in [0.1, 0.15) is 11.1 Å². The van der Waals surface area contributed by atoms with Crippen LogP contribution in [0.5, 0.6) is 0 Å². The lowest BCUT2D eigenvalue weighted by Gasteiger charge is -2.11. The van der Waals surface area contributed by atoms with Gasteiger partial charge in [0, 0.05) is 34.5 Å². The first-order valence-electron chi connectivity index (χ1n) is 6.56. The lowest BCUT2D eigenvalue weighted by atomic mass is 10.1. The Bertz CT molecular complexity index is 753. The van der Waals surface area contributed by atoms with E-state index in [1.165, 1.54) is 21.9 Å². The van der Waals surface area contributed by atoms with Gasteiger partial charge in [-0.1, -0.05) is 24.3 Å². The molecule has 0 aliphatic carbocycles. The van der Waals surface area contributed by atoms with Crippen LogP contribution in [-0.4, -0.2) is 4.98 Å². The molecule has 0 bridgehead atoms. The van der Waals surface area contributed by atoms with Gasteiger partial charge < -0.3 is 5.32 Å². The van der Waals surface area contributed by atoms with Crippen molar-refractivity contribution in [3.8, 4) is 0 Å². The number of nitrogens with zero attached hydrogens (tertiary/aromatic N) is 1. The van der Waals surface area contributed by atoms with E-state index in [9.17, 15) is 0 Å². The van der Waals surface area contributed by atoms with Gasteiger partial charge in [-0.2, -0.15) is 0 Å². The summed E-state index contributed by atoms with van der Waals surface area (Å²) < 4.78 is 1.13. The summed E-state index contributed by atoms with van der Waals surface area (Å²) in [7, 11) is 0. The number of anilines is 1. The number of fused-ring (bicyclic) bond motifs is 1. The molecule has 1 N–H and O–H groups in total. The Balaban J connectivity index is 1.81. The van der Waals surface area contributed by atoms with Gasteiger partial charge in [0.2, 0.25) is 0 Å². The number of hydrogen-bond donors (Lipinski definition) is 1. The quantitative estimate of drug-likeness (QED) is 0.739. The average Bonchev–Trinajstić information content (AvgIpc) is 2.48. The minimum atomic E-state index is 0.806. The number of hydrogen-bond acceptors (Lipinski definition) is 2. The number of aryl methyl sites for hydroxylation is 1. The molecule has 0 atom stereocenters. The zero-order valence-electron chi connectivity index (χ0n) is 11.2. The summed E-state index contributed by atoms with van der Waals surface area (Å²) in [6.07, 6.45) is 3.72. The van der Waals surface area contributed by atoms with E-state index >= 15 is 0 Å². The molecule has 1 heterocycles. The van der Waals surface area contributed by atoms with E-state index in [2.05, 4.69) is 69.6 Å². The van der Waals surface area contributed by atoms with E-state index in [0.29, 0.717) is 0 Å². The molecule has 2 nitrogen and oxygen atoms in total. The molecule has 0 saturated carbocycles. The molecular weight excluding hydrogens is 312 g/mol. The lowest BCUT2D eigenvalue weighted by Crippen LogP contribution is -2.00. The normalized spacial score (nSPS) is 10.7. The SMILES string of the molecule is Cc1cccc(NCc2ccc3cnccc3c2)c1Br. The maximum atomic E-state index is 4.14. The number of halogens is 1. The predicted octanol–water partition coefficient (Wildman–Crippen LogP) is 4.92. The fraction of sp³-hybridized carbons (Fsp3) is 0.118. The summed E-state index contributed by atoms with van der Waals surface area (Å²) in [5.74, 6) is 0. The Labute approximate surface area is 127 Å². The highest BCUT2D eigenvalue weighted by Gasteiger charge is 2.02. The molecule has 0 amide bonds. The topological polar surface area (TPSA) is 24.9 Å². The minimum Gasteiger partial charge on any atom is -0.380 e. The fourth-order valence-corrected chi connectivity index (χ4v) is 2.63. The molecule has 2 aromatic carbocycles. The zero-order valence-corrected chi connectivity index (χ0v) is 12.8. The third kappa shape index (κ3) is 2.68. The molecule has 0 aliphatic heterocycles. The first-order chi connectivity index (χ1) is 9.74. The molecule has 0 fully saturated rings. The molecule has 0 aliphatic rings. The highest BCUT2D eigenvalue weighted by Crippen LogP contribution is 2.26. The van der Waals surface area contributed by atoms with E-state index in [1.807, 2.05) is 18.5 Å². The van der Waals surface area contributed by atoms with Crippen LogP contribution in [0.2, 0.25) is 0 Å². The van der Waals surface area contributed by atoms with Gasteiger partial charge in [0.15, 0.2) is 0 Å². The fourth-order valence-electron chi connectivity index (χ4n) is 2.22. The Morgan fingerprint density at radius 1 is 1.10 bits per heavy atom. The molecule has 0 radical (unpaired) electrons. The highest BCUT2D eigenvalue weighted by atomic mass is 79.9. The zero-order chi connectivity index (χ0) is 13.9. The van der Waals surface area contributed by atoms with Gasteiger partial charge in [0.25, 0.3) is 0 Å². The van der Waals surface area contributed by atoms with Crippen LogP contribution in [0.15, 0.2) is 59.3 Å². The smallest absolute Gasteiger partial charge is 0.0490 e. The summed E-state index contributed by atoms with van der Waals surface area (Å²) in [6, 6.07) is 14.7. The van der Waals surface area contributed by atoms with E-state index in [1.54, 1.807) is 0 Å². The maximum absolute atomic E-state index is 4.14. The summed E-state index contributed by atoms with van der Waals surface area (Å²) in [6.45, 7) is 2.90. The molecule has 3 rings (SSSR count). The van der Waals surface area contributed by atoms with Crippen molar-refractivity contribution in [2.75, 3.05) is 5.32 Å². The number of aromatic nitrogens is 1. The first-order valence-corrected chi connectivity index (χ1v) is 7.35.